The Morgan fingerprint density at radius 1 is 0.897 bits per heavy atom. The second-order valence-corrected chi connectivity index (χ2v) is 7.52. The Labute approximate surface area is 173 Å². The van der Waals surface area contributed by atoms with Crippen molar-refractivity contribution in [2.75, 3.05) is 0 Å². The van der Waals surface area contributed by atoms with Crippen LogP contribution in [0, 0.1) is 0 Å². The first kappa shape index (κ1) is 19.1. The van der Waals surface area contributed by atoms with Gasteiger partial charge in [0, 0.05) is 19.4 Å². The summed E-state index contributed by atoms with van der Waals surface area (Å²) in [6.45, 7) is 0.552. The summed E-state index contributed by atoms with van der Waals surface area (Å²) in [5.41, 5.74) is 4.58. The molecule has 0 aliphatic carbocycles. The van der Waals surface area contributed by atoms with E-state index in [0.717, 1.165) is 11.1 Å². The quantitative estimate of drug-likeness (QED) is 0.465. The van der Waals surface area contributed by atoms with Crippen LogP contribution in [-0.2, 0) is 24.2 Å². The van der Waals surface area contributed by atoms with Crippen molar-refractivity contribution in [1.29, 1.82) is 0 Å². The number of thiophene rings is 1. The van der Waals surface area contributed by atoms with Crippen molar-refractivity contribution in [1.82, 2.24) is 15.5 Å². The van der Waals surface area contributed by atoms with Crippen molar-refractivity contribution in [2.45, 2.75) is 25.8 Å². The monoisotopic (exact) mass is 403 g/mol. The number of benzene rings is 2. The molecule has 0 spiro atoms. The van der Waals surface area contributed by atoms with E-state index in [9.17, 15) is 4.79 Å². The first-order valence-electron chi connectivity index (χ1n) is 9.50. The van der Waals surface area contributed by atoms with Crippen LogP contribution in [0.3, 0.4) is 0 Å². The molecule has 0 radical (unpaired) electrons. The molecule has 0 unspecified atom stereocenters. The zero-order valence-electron chi connectivity index (χ0n) is 15.9. The van der Waals surface area contributed by atoms with Gasteiger partial charge in [-0.3, -0.25) is 4.79 Å². The molecule has 0 bridgehead atoms. The summed E-state index contributed by atoms with van der Waals surface area (Å²) in [4.78, 5) is 12.0. The van der Waals surface area contributed by atoms with Gasteiger partial charge in [0.05, 0.1) is 6.42 Å². The van der Waals surface area contributed by atoms with Crippen molar-refractivity contribution in [3.8, 4) is 11.1 Å². The van der Waals surface area contributed by atoms with Crippen molar-refractivity contribution < 1.29 is 9.21 Å². The number of hydrogen-bond donors (Lipinski definition) is 1. The van der Waals surface area contributed by atoms with Gasteiger partial charge in [-0.25, -0.2) is 0 Å². The molecule has 0 fully saturated rings. The van der Waals surface area contributed by atoms with E-state index < -0.39 is 0 Å². The number of amides is 1. The van der Waals surface area contributed by atoms with Crippen LogP contribution in [0.15, 0.2) is 75.8 Å². The van der Waals surface area contributed by atoms with Crippen LogP contribution in [0.1, 0.15) is 29.3 Å². The number of carbonyl (C=O) groups excluding carboxylic acids is 1. The largest absolute Gasteiger partial charge is 0.425 e. The highest BCUT2D eigenvalue weighted by Crippen LogP contribution is 2.20. The predicted molar refractivity (Wildman–Crippen MR) is 113 cm³/mol. The Morgan fingerprint density at radius 2 is 1.66 bits per heavy atom. The average Bonchev–Trinajstić information content (AvgIpc) is 3.44. The van der Waals surface area contributed by atoms with Gasteiger partial charge in [0.2, 0.25) is 17.7 Å². The predicted octanol–water partition coefficient (Wildman–Crippen LogP) is 4.64. The molecule has 4 aromatic rings. The molecule has 29 heavy (non-hydrogen) atoms. The van der Waals surface area contributed by atoms with Crippen LogP contribution < -0.4 is 5.32 Å². The molecular weight excluding hydrogens is 382 g/mol. The van der Waals surface area contributed by atoms with E-state index in [4.69, 9.17) is 4.42 Å². The fourth-order valence-corrected chi connectivity index (χ4v) is 3.65. The zero-order valence-corrected chi connectivity index (χ0v) is 16.7. The van der Waals surface area contributed by atoms with Crippen molar-refractivity contribution in [3.05, 3.63) is 94.3 Å². The second-order valence-electron chi connectivity index (χ2n) is 6.74. The summed E-state index contributed by atoms with van der Waals surface area (Å²) < 4.78 is 5.70. The van der Waals surface area contributed by atoms with Crippen LogP contribution in [0.4, 0.5) is 0 Å². The molecule has 4 rings (SSSR count). The number of aromatic nitrogens is 2. The summed E-state index contributed by atoms with van der Waals surface area (Å²) in [7, 11) is 0. The molecular formula is C23H21N3O2S. The minimum absolute atomic E-state index is 0.0209. The minimum Gasteiger partial charge on any atom is -0.425 e. The molecule has 0 aliphatic heterocycles. The molecule has 0 atom stereocenters. The Hall–Kier alpha value is -3.25. The normalized spacial score (nSPS) is 10.8. The molecule has 2 aromatic heterocycles. The smallest absolute Gasteiger partial charge is 0.220 e. The number of rotatable bonds is 8. The lowest BCUT2D eigenvalue weighted by atomic mass is 10.0. The first-order chi connectivity index (χ1) is 14.3. The lowest BCUT2D eigenvalue weighted by Gasteiger charge is -2.03. The number of nitrogens with one attached hydrogen (secondary N) is 1. The molecule has 146 valence electrons. The van der Waals surface area contributed by atoms with Crippen molar-refractivity contribution >= 4 is 17.2 Å². The lowest BCUT2D eigenvalue weighted by molar-refractivity contribution is -0.121. The molecule has 1 amide bonds. The van der Waals surface area contributed by atoms with Crippen LogP contribution in [0.25, 0.3) is 11.1 Å². The summed E-state index contributed by atoms with van der Waals surface area (Å²) in [6, 6.07) is 20.6. The van der Waals surface area contributed by atoms with Crippen LogP contribution in [0.2, 0.25) is 0 Å². The minimum atomic E-state index is -0.0209. The lowest BCUT2D eigenvalue weighted by Crippen LogP contribution is -2.22. The van der Waals surface area contributed by atoms with Gasteiger partial charge in [-0.05, 0) is 39.1 Å². The Bertz CT molecular complexity index is 1040. The van der Waals surface area contributed by atoms with Gasteiger partial charge in [0.25, 0.3) is 0 Å². The highest BCUT2D eigenvalue weighted by molar-refractivity contribution is 7.07. The van der Waals surface area contributed by atoms with Gasteiger partial charge < -0.3 is 9.73 Å². The molecule has 2 aromatic carbocycles. The highest BCUT2D eigenvalue weighted by atomic mass is 32.1. The standard InChI is InChI=1S/C23H21N3O2S/c27-21(24-15-18-12-13-29-16-18)10-11-22-25-26-23(28-22)14-17-6-8-20(9-7-17)19-4-2-1-3-5-19/h1-9,12-13,16H,10-11,14-15H2,(H,24,27). The molecule has 6 heteroatoms. The maximum absolute atomic E-state index is 12.0. The maximum atomic E-state index is 12.0. The third kappa shape index (κ3) is 5.39. The summed E-state index contributed by atoms with van der Waals surface area (Å²) in [5, 5.41) is 15.1. The average molecular weight is 404 g/mol. The van der Waals surface area contributed by atoms with Crippen molar-refractivity contribution in [3.63, 3.8) is 0 Å². The highest BCUT2D eigenvalue weighted by Gasteiger charge is 2.10. The van der Waals surface area contributed by atoms with E-state index in [1.165, 1.54) is 11.1 Å². The summed E-state index contributed by atoms with van der Waals surface area (Å²) in [5.74, 6) is 1.03. The van der Waals surface area contributed by atoms with E-state index in [1.807, 2.05) is 35.0 Å². The van der Waals surface area contributed by atoms with E-state index in [1.54, 1.807) is 11.3 Å². The SMILES string of the molecule is O=C(CCc1nnc(Cc2ccc(-c3ccccc3)cc2)o1)NCc1ccsc1. The number of aryl methyl sites for hydroxylation is 1. The fourth-order valence-electron chi connectivity index (χ4n) is 2.98. The van der Waals surface area contributed by atoms with Crippen LogP contribution >= 0.6 is 11.3 Å². The number of nitrogens with zero attached hydrogens (tertiary/aromatic N) is 2. The summed E-state index contributed by atoms with van der Waals surface area (Å²) >= 11 is 1.62. The molecule has 2 heterocycles. The second kappa shape index (κ2) is 9.30. The van der Waals surface area contributed by atoms with Gasteiger partial charge in [0.15, 0.2) is 0 Å². The number of hydrogen-bond acceptors (Lipinski definition) is 5. The van der Waals surface area contributed by atoms with Crippen LogP contribution in [-0.4, -0.2) is 16.1 Å². The van der Waals surface area contributed by atoms with Gasteiger partial charge in [-0.15, -0.1) is 10.2 Å². The van der Waals surface area contributed by atoms with Gasteiger partial charge >= 0.3 is 0 Å². The molecule has 0 saturated heterocycles. The van der Waals surface area contributed by atoms with Crippen LogP contribution in [0.5, 0.6) is 0 Å². The third-order valence-electron chi connectivity index (χ3n) is 4.56. The molecule has 1 N–H and O–H groups in total. The third-order valence-corrected chi connectivity index (χ3v) is 5.29. The van der Waals surface area contributed by atoms with E-state index in [-0.39, 0.29) is 5.91 Å². The Balaban J connectivity index is 1.27. The Kier molecular flexibility index (Phi) is 6.12. The van der Waals surface area contributed by atoms with E-state index >= 15 is 0 Å². The summed E-state index contributed by atoms with van der Waals surface area (Å²) in [6.07, 6.45) is 1.35. The van der Waals surface area contributed by atoms with Gasteiger partial charge in [0.1, 0.15) is 0 Å². The first-order valence-corrected chi connectivity index (χ1v) is 10.4. The van der Waals surface area contributed by atoms with Gasteiger partial charge in [-0.1, -0.05) is 54.6 Å². The molecule has 5 nitrogen and oxygen atoms in total. The zero-order chi connectivity index (χ0) is 19.9. The Morgan fingerprint density at radius 3 is 2.41 bits per heavy atom. The molecule has 0 aliphatic rings. The topological polar surface area (TPSA) is 68.0 Å². The number of carbonyl (C=O) groups is 1. The van der Waals surface area contributed by atoms with E-state index in [2.05, 4.69) is 51.9 Å². The fraction of sp³-hybridized carbons (Fsp3) is 0.174. The van der Waals surface area contributed by atoms with Gasteiger partial charge in [-0.2, -0.15) is 11.3 Å². The molecule has 0 saturated carbocycles. The van der Waals surface area contributed by atoms with E-state index in [0.29, 0.717) is 37.6 Å². The maximum Gasteiger partial charge on any atom is 0.220 e. The van der Waals surface area contributed by atoms with Crippen molar-refractivity contribution in [2.24, 2.45) is 0 Å².